The van der Waals surface area contributed by atoms with E-state index in [9.17, 15) is 27.5 Å². The summed E-state index contributed by atoms with van der Waals surface area (Å²) in [6.07, 6.45) is 0.315. The van der Waals surface area contributed by atoms with Crippen LogP contribution in [-0.2, 0) is 21.4 Å². The van der Waals surface area contributed by atoms with Gasteiger partial charge in [0, 0.05) is 6.54 Å². The largest absolute Gasteiger partial charge is 0.506 e. The minimum atomic E-state index is -4.28. The third kappa shape index (κ3) is 1.98. The highest BCUT2D eigenvalue weighted by Gasteiger charge is 2.39. The summed E-state index contributed by atoms with van der Waals surface area (Å²) in [6, 6.07) is 1.14. The van der Waals surface area contributed by atoms with E-state index in [2.05, 4.69) is 5.32 Å². The summed E-state index contributed by atoms with van der Waals surface area (Å²) in [4.78, 5) is 22.9. The molecule has 0 atom stereocenters. The van der Waals surface area contributed by atoms with Gasteiger partial charge in [-0.15, -0.1) is 0 Å². The molecule has 2 amide bonds. The summed E-state index contributed by atoms with van der Waals surface area (Å²) in [5, 5.41) is 12.3. The fourth-order valence-corrected chi connectivity index (χ4v) is 3.57. The Morgan fingerprint density at radius 1 is 1.33 bits per heavy atom. The number of fused-ring (bicyclic) bond motifs is 1. The molecule has 2 heterocycles. The summed E-state index contributed by atoms with van der Waals surface area (Å²) in [5.41, 5.74) is -0.735. The maximum absolute atomic E-state index is 14.5. The Balaban J connectivity index is 2.23. The van der Waals surface area contributed by atoms with Crippen molar-refractivity contribution in [1.29, 1.82) is 0 Å². The molecule has 3 N–H and O–H groups in total. The minimum absolute atomic E-state index is 0.286. The van der Waals surface area contributed by atoms with Crippen molar-refractivity contribution in [1.82, 2.24) is 10.0 Å². The van der Waals surface area contributed by atoms with Crippen molar-refractivity contribution in [2.45, 2.75) is 6.42 Å². The van der Waals surface area contributed by atoms with Gasteiger partial charge in [0.05, 0.1) is 5.56 Å². The third-order valence-corrected chi connectivity index (χ3v) is 4.66. The molecule has 2 aliphatic heterocycles. The maximum Gasteiger partial charge on any atom is 0.326 e. The predicted molar refractivity (Wildman–Crippen MR) is 68.5 cm³/mol. The molecular weight excluding hydrogens is 305 g/mol. The van der Waals surface area contributed by atoms with Crippen LogP contribution in [0.1, 0.15) is 15.9 Å². The molecule has 8 nitrogen and oxygen atoms in total. The molecule has 10 heteroatoms. The van der Waals surface area contributed by atoms with Gasteiger partial charge in [0.2, 0.25) is 0 Å². The number of phenols is 1. The van der Waals surface area contributed by atoms with E-state index < -0.39 is 45.8 Å². The van der Waals surface area contributed by atoms with Crippen LogP contribution in [0, 0.1) is 5.82 Å². The second kappa shape index (κ2) is 4.32. The van der Waals surface area contributed by atoms with Crippen molar-refractivity contribution in [3.63, 3.8) is 0 Å². The molecule has 0 saturated carbocycles. The van der Waals surface area contributed by atoms with Gasteiger partial charge in [-0.2, -0.15) is 8.42 Å². The van der Waals surface area contributed by atoms with Gasteiger partial charge in [-0.3, -0.25) is 9.59 Å². The molecule has 2 aliphatic rings. The van der Waals surface area contributed by atoms with Crippen molar-refractivity contribution < 1.29 is 27.5 Å². The van der Waals surface area contributed by atoms with E-state index >= 15 is 0 Å². The Morgan fingerprint density at radius 2 is 2.05 bits per heavy atom. The molecule has 1 aromatic carbocycles. The summed E-state index contributed by atoms with van der Waals surface area (Å²) in [6.45, 7) is -0.362. The Labute approximate surface area is 118 Å². The van der Waals surface area contributed by atoms with Crippen LogP contribution in [0.15, 0.2) is 6.07 Å². The molecule has 0 spiro atoms. The average molecular weight is 315 g/mol. The lowest BCUT2D eigenvalue weighted by Crippen LogP contribution is -2.35. The number of hydrogen-bond donors (Lipinski definition) is 3. The van der Waals surface area contributed by atoms with Gasteiger partial charge in [0.25, 0.3) is 11.8 Å². The first-order chi connectivity index (χ1) is 9.81. The molecular formula is C11H10FN3O5S. The van der Waals surface area contributed by atoms with Crippen LogP contribution in [0.4, 0.5) is 10.1 Å². The summed E-state index contributed by atoms with van der Waals surface area (Å²) in [5.74, 6) is -3.34. The lowest BCUT2D eigenvalue weighted by Gasteiger charge is -2.23. The van der Waals surface area contributed by atoms with Gasteiger partial charge in [-0.05, 0) is 18.1 Å². The highest BCUT2D eigenvalue weighted by Crippen LogP contribution is 2.37. The number of nitrogens with zero attached hydrogens (tertiary/aromatic N) is 1. The molecule has 0 radical (unpaired) electrons. The Kier molecular flexibility index (Phi) is 2.80. The van der Waals surface area contributed by atoms with E-state index in [1.54, 1.807) is 4.72 Å². The smallest absolute Gasteiger partial charge is 0.326 e. The first kappa shape index (κ1) is 13.6. The van der Waals surface area contributed by atoms with E-state index in [1.165, 1.54) is 0 Å². The average Bonchev–Trinajstić information content (AvgIpc) is 2.62. The van der Waals surface area contributed by atoms with E-state index in [-0.39, 0.29) is 11.1 Å². The highest BCUT2D eigenvalue weighted by atomic mass is 32.2. The third-order valence-electron chi connectivity index (χ3n) is 3.28. The van der Waals surface area contributed by atoms with Crippen LogP contribution in [0.3, 0.4) is 0 Å². The van der Waals surface area contributed by atoms with Gasteiger partial charge in [0.1, 0.15) is 18.0 Å². The van der Waals surface area contributed by atoms with Crippen LogP contribution in [0.2, 0.25) is 0 Å². The Bertz CT molecular complexity index is 777. The number of phenolic OH excluding ortho intramolecular Hbond substituents is 1. The van der Waals surface area contributed by atoms with Gasteiger partial charge in [0.15, 0.2) is 5.82 Å². The molecule has 1 saturated heterocycles. The first-order valence-corrected chi connectivity index (χ1v) is 7.41. The van der Waals surface area contributed by atoms with Gasteiger partial charge < -0.3 is 10.4 Å². The second-order valence-electron chi connectivity index (χ2n) is 4.64. The number of carbonyl (C=O) groups is 2. The first-order valence-electron chi connectivity index (χ1n) is 5.97. The molecule has 0 aromatic heterocycles. The number of carbonyl (C=O) groups excluding carboxylic acids is 2. The van der Waals surface area contributed by atoms with Crippen molar-refractivity contribution in [2.24, 2.45) is 0 Å². The zero-order valence-electron chi connectivity index (χ0n) is 10.5. The van der Waals surface area contributed by atoms with Crippen molar-refractivity contribution >= 4 is 27.7 Å². The number of hydrogen-bond acceptors (Lipinski definition) is 5. The van der Waals surface area contributed by atoms with E-state index in [0.29, 0.717) is 17.3 Å². The van der Waals surface area contributed by atoms with Crippen molar-refractivity contribution in [2.75, 3.05) is 17.4 Å². The number of nitrogens with one attached hydrogen (secondary N) is 2. The second-order valence-corrected chi connectivity index (χ2v) is 6.23. The van der Waals surface area contributed by atoms with Gasteiger partial charge in [-0.1, -0.05) is 0 Å². The topological polar surface area (TPSA) is 116 Å². The summed E-state index contributed by atoms with van der Waals surface area (Å²) >= 11 is 0. The normalized spacial score (nSPS) is 20.0. The molecule has 21 heavy (non-hydrogen) atoms. The van der Waals surface area contributed by atoms with Crippen molar-refractivity contribution in [3.05, 3.63) is 23.0 Å². The maximum atomic E-state index is 14.5. The van der Waals surface area contributed by atoms with Crippen LogP contribution in [-0.4, -0.2) is 38.4 Å². The van der Waals surface area contributed by atoms with Crippen LogP contribution < -0.4 is 14.3 Å². The monoisotopic (exact) mass is 315 g/mol. The lowest BCUT2D eigenvalue weighted by molar-refractivity contribution is -0.117. The van der Waals surface area contributed by atoms with Gasteiger partial charge in [-0.25, -0.2) is 13.4 Å². The van der Waals surface area contributed by atoms with E-state index in [1.807, 2.05) is 0 Å². The number of halogens is 1. The number of benzene rings is 1. The van der Waals surface area contributed by atoms with E-state index in [4.69, 9.17) is 0 Å². The fraction of sp³-hybridized carbons (Fsp3) is 0.273. The quantitative estimate of drug-likeness (QED) is 0.614. The molecule has 0 bridgehead atoms. The molecule has 0 unspecified atom stereocenters. The minimum Gasteiger partial charge on any atom is -0.506 e. The standard InChI is InChI=1S/C11H10FN3O5S/c12-9-8-5(1-2-13-11(8)18)3-6(16)10(9)15-4-7(17)14-21(15,19)20/h3,16H,1-2,4H2,(H,13,18)(H,14,17). The zero-order valence-corrected chi connectivity index (χ0v) is 11.3. The lowest BCUT2D eigenvalue weighted by atomic mass is 9.98. The van der Waals surface area contributed by atoms with E-state index in [0.717, 1.165) is 6.07 Å². The van der Waals surface area contributed by atoms with Gasteiger partial charge >= 0.3 is 10.2 Å². The molecule has 3 rings (SSSR count). The Morgan fingerprint density at radius 3 is 2.67 bits per heavy atom. The number of amides is 2. The van der Waals surface area contributed by atoms with Crippen LogP contribution >= 0.6 is 0 Å². The Hall–Kier alpha value is -2.36. The highest BCUT2D eigenvalue weighted by molar-refractivity contribution is 7.92. The molecule has 0 aliphatic carbocycles. The SMILES string of the molecule is O=C1CN(c2c(O)cc3c(c2F)C(=O)NCC3)S(=O)(=O)N1. The van der Waals surface area contributed by atoms with Crippen LogP contribution in [0.5, 0.6) is 5.75 Å². The summed E-state index contributed by atoms with van der Waals surface area (Å²) < 4.78 is 40.1. The number of rotatable bonds is 1. The van der Waals surface area contributed by atoms with Crippen LogP contribution in [0.25, 0.3) is 0 Å². The molecule has 1 fully saturated rings. The number of anilines is 1. The zero-order chi connectivity index (χ0) is 15.4. The fourth-order valence-electron chi connectivity index (χ4n) is 2.40. The van der Waals surface area contributed by atoms with Crippen molar-refractivity contribution in [3.8, 4) is 5.75 Å². The summed E-state index contributed by atoms with van der Waals surface area (Å²) in [7, 11) is -4.28. The molecule has 112 valence electrons. The molecule has 1 aromatic rings. The predicted octanol–water partition coefficient (Wildman–Crippen LogP) is -1.00. The number of aromatic hydroxyl groups is 1.